The summed E-state index contributed by atoms with van der Waals surface area (Å²) in [6, 6.07) is 9.09. The first-order valence-corrected chi connectivity index (χ1v) is 11.7. The van der Waals surface area contributed by atoms with Crippen molar-refractivity contribution in [2.45, 2.75) is 70.2 Å². The average molecular weight is 430 g/mol. The molecule has 2 amide bonds. The van der Waals surface area contributed by atoms with E-state index in [9.17, 15) is 9.59 Å². The molecule has 0 spiro atoms. The highest BCUT2D eigenvalue weighted by molar-refractivity contribution is 7.99. The maximum absolute atomic E-state index is 12.4. The third-order valence-electron chi connectivity index (χ3n) is 5.62. The number of hydrogen-bond acceptors (Lipinski definition) is 5. The number of nitrogens with zero attached hydrogens (tertiary/aromatic N) is 3. The van der Waals surface area contributed by atoms with Crippen molar-refractivity contribution in [3.8, 4) is 0 Å². The molecule has 1 aromatic heterocycles. The largest absolute Gasteiger partial charge is 0.352 e. The van der Waals surface area contributed by atoms with Crippen molar-refractivity contribution in [2.24, 2.45) is 5.92 Å². The maximum atomic E-state index is 12.4. The minimum Gasteiger partial charge on any atom is -0.352 e. The van der Waals surface area contributed by atoms with Gasteiger partial charge in [-0.2, -0.15) is 0 Å². The van der Waals surface area contributed by atoms with Gasteiger partial charge in [0, 0.05) is 18.2 Å². The number of aromatic nitrogens is 3. The third-order valence-corrected chi connectivity index (χ3v) is 6.59. The number of amides is 2. The van der Waals surface area contributed by atoms with Crippen LogP contribution in [0.4, 0.5) is 0 Å². The molecule has 0 saturated heterocycles. The van der Waals surface area contributed by atoms with E-state index >= 15 is 0 Å². The molecule has 3 atom stereocenters. The van der Waals surface area contributed by atoms with Crippen LogP contribution in [-0.4, -0.2) is 38.4 Å². The van der Waals surface area contributed by atoms with E-state index in [2.05, 4.69) is 27.8 Å². The molecule has 1 aliphatic carbocycles. The first kappa shape index (κ1) is 22.3. The van der Waals surface area contributed by atoms with E-state index in [0.717, 1.165) is 6.42 Å². The molecule has 2 aromatic rings. The van der Waals surface area contributed by atoms with Gasteiger partial charge in [-0.25, -0.2) is 0 Å². The quantitative estimate of drug-likeness (QED) is 0.626. The average Bonchev–Trinajstić information content (AvgIpc) is 3.17. The lowest BCUT2D eigenvalue weighted by molar-refractivity contribution is -0.119. The van der Waals surface area contributed by atoms with Crippen LogP contribution in [-0.2, 0) is 11.3 Å². The molecule has 0 bridgehead atoms. The minimum atomic E-state index is -0.295. The highest BCUT2D eigenvalue weighted by Crippen LogP contribution is 2.24. The molecule has 30 heavy (non-hydrogen) atoms. The third kappa shape index (κ3) is 5.62. The summed E-state index contributed by atoms with van der Waals surface area (Å²) in [5.74, 6) is 1.42. The second kappa shape index (κ2) is 10.6. The highest BCUT2D eigenvalue weighted by atomic mass is 32.2. The Morgan fingerprint density at radius 1 is 1.20 bits per heavy atom. The van der Waals surface area contributed by atoms with E-state index in [0.29, 0.717) is 34.8 Å². The predicted octanol–water partition coefficient (Wildman–Crippen LogP) is 3.58. The summed E-state index contributed by atoms with van der Waals surface area (Å²) in [6.07, 6.45) is 4.68. The van der Waals surface area contributed by atoms with Crippen molar-refractivity contribution in [1.29, 1.82) is 0 Å². The number of nitrogens with one attached hydrogen (secondary N) is 2. The normalized spacial score (nSPS) is 19.8. The van der Waals surface area contributed by atoms with Crippen LogP contribution in [0.5, 0.6) is 0 Å². The lowest BCUT2D eigenvalue weighted by atomic mass is 9.86. The van der Waals surface area contributed by atoms with Crippen LogP contribution in [0, 0.1) is 5.92 Å². The van der Waals surface area contributed by atoms with Crippen molar-refractivity contribution < 1.29 is 9.59 Å². The highest BCUT2D eigenvalue weighted by Gasteiger charge is 2.24. The summed E-state index contributed by atoms with van der Waals surface area (Å²) in [5, 5.41) is 15.4. The Bertz CT molecular complexity index is 854. The minimum absolute atomic E-state index is 0.0383. The molecule has 8 heteroatoms. The van der Waals surface area contributed by atoms with Crippen LogP contribution in [0.15, 0.2) is 35.5 Å². The second-order valence-corrected chi connectivity index (χ2v) is 8.81. The number of thioether (sulfide) groups is 1. The van der Waals surface area contributed by atoms with Crippen LogP contribution in [0.25, 0.3) is 0 Å². The monoisotopic (exact) mass is 429 g/mol. The van der Waals surface area contributed by atoms with Gasteiger partial charge in [-0.15, -0.1) is 10.2 Å². The molecule has 3 rings (SSSR count). The summed E-state index contributed by atoms with van der Waals surface area (Å²) in [5.41, 5.74) is 0.607. The van der Waals surface area contributed by atoms with Gasteiger partial charge in [0.2, 0.25) is 5.91 Å². The van der Waals surface area contributed by atoms with Gasteiger partial charge in [0.15, 0.2) is 11.0 Å². The molecule has 1 aliphatic rings. The Hall–Kier alpha value is -2.35. The maximum Gasteiger partial charge on any atom is 0.251 e. The summed E-state index contributed by atoms with van der Waals surface area (Å²) in [6.45, 7) is 6.77. The number of rotatable bonds is 8. The lowest BCUT2D eigenvalue weighted by Gasteiger charge is -2.29. The van der Waals surface area contributed by atoms with E-state index < -0.39 is 0 Å². The van der Waals surface area contributed by atoms with Crippen LogP contribution in [0.3, 0.4) is 0 Å². The van der Waals surface area contributed by atoms with Crippen molar-refractivity contribution in [1.82, 2.24) is 25.4 Å². The molecule has 1 saturated carbocycles. The summed E-state index contributed by atoms with van der Waals surface area (Å²) >= 11 is 1.39. The van der Waals surface area contributed by atoms with E-state index in [4.69, 9.17) is 0 Å². The Kier molecular flexibility index (Phi) is 7.90. The van der Waals surface area contributed by atoms with E-state index in [1.54, 1.807) is 12.1 Å². The fourth-order valence-corrected chi connectivity index (χ4v) is 4.69. The Morgan fingerprint density at radius 2 is 1.93 bits per heavy atom. The Balaban J connectivity index is 1.58. The van der Waals surface area contributed by atoms with Crippen LogP contribution in [0.2, 0.25) is 0 Å². The van der Waals surface area contributed by atoms with Gasteiger partial charge in [-0.1, -0.05) is 49.7 Å². The molecule has 7 nitrogen and oxygen atoms in total. The van der Waals surface area contributed by atoms with Crippen molar-refractivity contribution in [3.05, 3.63) is 41.7 Å². The zero-order chi connectivity index (χ0) is 21.5. The summed E-state index contributed by atoms with van der Waals surface area (Å²) in [7, 11) is 0. The topological polar surface area (TPSA) is 88.9 Å². The number of carbonyl (C=O) groups excluding carboxylic acids is 2. The van der Waals surface area contributed by atoms with Crippen molar-refractivity contribution >= 4 is 23.6 Å². The molecular weight excluding hydrogens is 398 g/mol. The summed E-state index contributed by atoms with van der Waals surface area (Å²) < 4.78 is 1.96. The summed E-state index contributed by atoms with van der Waals surface area (Å²) in [4.78, 5) is 24.9. The molecule has 2 N–H and O–H groups in total. The van der Waals surface area contributed by atoms with Crippen LogP contribution >= 0.6 is 11.8 Å². The fourth-order valence-electron chi connectivity index (χ4n) is 3.87. The molecule has 0 aliphatic heterocycles. The van der Waals surface area contributed by atoms with Crippen LogP contribution in [0.1, 0.15) is 68.7 Å². The molecule has 1 heterocycles. The zero-order valence-corrected chi connectivity index (χ0v) is 18.7. The molecule has 1 fully saturated rings. The molecule has 162 valence electrons. The first-order valence-electron chi connectivity index (χ1n) is 10.7. The van der Waals surface area contributed by atoms with Gasteiger partial charge in [0.25, 0.3) is 5.91 Å². The van der Waals surface area contributed by atoms with E-state index in [-0.39, 0.29) is 23.9 Å². The van der Waals surface area contributed by atoms with Gasteiger partial charge < -0.3 is 15.2 Å². The first-order chi connectivity index (χ1) is 14.5. The smallest absolute Gasteiger partial charge is 0.251 e. The van der Waals surface area contributed by atoms with Gasteiger partial charge in [0.05, 0.1) is 11.8 Å². The second-order valence-electron chi connectivity index (χ2n) is 7.87. The Labute approximate surface area is 182 Å². The molecule has 1 aromatic carbocycles. The SMILES string of the molecule is CCn1c(SCC(=O)N[C@H]2CCCC[C@H]2C)nnc1[C@@H](C)NC(=O)c1ccccc1. The fraction of sp³-hybridized carbons (Fsp3) is 0.545. The number of carbonyl (C=O) groups is 2. The Morgan fingerprint density at radius 3 is 2.63 bits per heavy atom. The van der Waals surface area contributed by atoms with Crippen LogP contribution < -0.4 is 10.6 Å². The van der Waals surface area contributed by atoms with Gasteiger partial charge in [0.1, 0.15) is 0 Å². The number of benzene rings is 1. The van der Waals surface area contributed by atoms with Gasteiger partial charge in [-0.3, -0.25) is 9.59 Å². The van der Waals surface area contributed by atoms with E-state index in [1.807, 2.05) is 36.6 Å². The molecular formula is C22H31N5O2S. The predicted molar refractivity (Wildman–Crippen MR) is 118 cm³/mol. The van der Waals surface area contributed by atoms with E-state index in [1.165, 1.54) is 31.0 Å². The van der Waals surface area contributed by atoms with Gasteiger partial charge in [-0.05, 0) is 44.7 Å². The van der Waals surface area contributed by atoms with Gasteiger partial charge >= 0.3 is 0 Å². The van der Waals surface area contributed by atoms with Crippen molar-refractivity contribution in [2.75, 3.05) is 5.75 Å². The molecule has 0 radical (unpaired) electrons. The molecule has 0 unspecified atom stereocenters. The zero-order valence-electron chi connectivity index (χ0n) is 17.9. The van der Waals surface area contributed by atoms with Crippen molar-refractivity contribution in [3.63, 3.8) is 0 Å². The lowest BCUT2D eigenvalue weighted by Crippen LogP contribution is -2.41. The number of hydrogen-bond donors (Lipinski definition) is 2. The standard InChI is InChI=1S/C22H31N5O2S/c1-4-27-20(16(3)23-21(29)17-11-6-5-7-12-17)25-26-22(27)30-14-19(28)24-18-13-9-8-10-15(18)2/h5-7,11-12,15-16,18H,4,8-10,13-14H2,1-3H3,(H,23,29)(H,24,28)/t15-,16-,18+/m1/s1.